The lowest BCUT2D eigenvalue weighted by atomic mass is 9.91. The van der Waals surface area contributed by atoms with Crippen molar-refractivity contribution in [2.45, 2.75) is 182 Å². The lowest BCUT2D eigenvalue weighted by molar-refractivity contribution is 0.367. The van der Waals surface area contributed by atoms with Crippen molar-refractivity contribution in [2.75, 3.05) is 23.7 Å². The summed E-state index contributed by atoms with van der Waals surface area (Å²) in [6.45, 7) is 11.7. The number of anilines is 2. The van der Waals surface area contributed by atoms with E-state index in [1.54, 1.807) is 0 Å². The molecule has 0 heterocycles. The summed E-state index contributed by atoms with van der Waals surface area (Å²) < 4.78 is 2.17. The Balaban J connectivity index is 3.08. The Morgan fingerprint density at radius 3 is 1.21 bits per heavy atom. The summed E-state index contributed by atoms with van der Waals surface area (Å²) in [5.74, 6) is 1.54. The molecule has 1 aromatic carbocycles. The number of hydrogen-bond acceptors (Lipinski definition) is 2. The van der Waals surface area contributed by atoms with Crippen LogP contribution >= 0.6 is 31.9 Å². The van der Waals surface area contributed by atoms with Gasteiger partial charge in [-0.25, -0.2) is 0 Å². The Morgan fingerprint density at radius 2 is 0.833 bits per heavy atom. The Morgan fingerprint density at radius 1 is 0.500 bits per heavy atom. The molecule has 1 aromatic rings. The summed E-state index contributed by atoms with van der Waals surface area (Å²) in [6, 6.07) is 4.40. The van der Waals surface area contributed by atoms with Gasteiger partial charge in [0.15, 0.2) is 0 Å². The van der Waals surface area contributed by atoms with Gasteiger partial charge in [0.05, 0.1) is 5.69 Å². The van der Waals surface area contributed by atoms with Gasteiger partial charge in [-0.15, -0.1) is 0 Å². The van der Waals surface area contributed by atoms with Gasteiger partial charge >= 0.3 is 0 Å². The van der Waals surface area contributed by atoms with Crippen LogP contribution in [-0.4, -0.2) is 13.1 Å². The maximum absolute atomic E-state index is 6.32. The summed E-state index contributed by atoms with van der Waals surface area (Å²) in [5.41, 5.74) is 8.47. The van der Waals surface area contributed by atoms with Crippen LogP contribution in [0.15, 0.2) is 21.1 Å². The van der Waals surface area contributed by atoms with Crippen molar-refractivity contribution in [3.63, 3.8) is 0 Å². The molecule has 0 aromatic heterocycles. The first-order valence-electron chi connectivity index (χ1n) is 18.5. The van der Waals surface area contributed by atoms with E-state index in [1.807, 2.05) is 0 Å². The quantitative estimate of drug-likeness (QED) is 0.0661. The number of nitrogen functional groups attached to an aromatic ring is 1. The van der Waals surface area contributed by atoms with Crippen molar-refractivity contribution in [2.24, 2.45) is 11.8 Å². The number of halogens is 2. The van der Waals surface area contributed by atoms with Crippen LogP contribution in [0, 0.1) is 11.8 Å². The summed E-state index contributed by atoms with van der Waals surface area (Å²) in [4.78, 5) is 2.78. The fourth-order valence-corrected chi connectivity index (χ4v) is 7.43. The first kappa shape index (κ1) is 39.8. The largest absolute Gasteiger partial charge is 0.398 e. The van der Waals surface area contributed by atoms with Gasteiger partial charge in [-0.3, -0.25) is 0 Å². The number of rotatable bonds is 29. The maximum Gasteiger partial charge on any atom is 0.0523 e. The molecule has 0 aliphatic heterocycles. The van der Waals surface area contributed by atoms with E-state index in [0.29, 0.717) is 0 Å². The van der Waals surface area contributed by atoms with Gasteiger partial charge in [0.1, 0.15) is 0 Å². The number of nitrogens with zero attached hydrogens (tertiary/aromatic N) is 1. The molecule has 2 unspecified atom stereocenters. The van der Waals surface area contributed by atoms with E-state index in [9.17, 15) is 0 Å². The second-order valence-electron chi connectivity index (χ2n) is 13.3. The van der Waals surface area contributed by atoms with E-state index in [-0.39, 0.29) is 0 Å². The fraction of sp³-hybridized carbons (Fsp3) is 0.842. The molecule has 0 fully saturated rings. The minimum absolute atomic E-state index is 0.769. The van der Waals surface area contributed by atoms with Gasteiger partial charge in [0.25, 0.3) is 0 Å². The third kappa shape index (κ3) is 19.2. The van der Waals surface area contributed by atoms with E-state index in [1.165, 1.54) is 173 Å². The normalized spacial score (nSPS) is 13.0. The molecular formula is C38H70Br2N2. The van der Waals surface area contributed by atoms with E-state index >= 15 is 0 Å². The number of benzene rings is 1. The molecule has 1 rings (SSSR count). The molecular weight excluding hydrogens is 644 g/mol. The molecule has 2 nitrogen and oxygen atoms in total. The highest BCUT2D eigenvalue weighted by molar-refractivity contribution is 9.11. The molecule has 0 bridgehead atoms. The standard InChI is InChI=1S/C38H70Br2N2/c1-5-9-13-17-19-23-27-33(25-21-15-11-7-3)31-42(38-30-35(39)37(41)29-36(38)40)32-34(26-22-16-12-8-4)28-24-20-18-14-10-6-2/h29-30,33-34H,5-28,31-32,41H2,1-4H3. The molecule has 2 N–H and O–H groups in total. The molecule has 0 aliphatic rings. The Bertz CT molecular complexity index is 719. The highest BCUT2D eigenvalue weighted by Gasteiger charge is 2.22. The molecule has 0 aliphatic carbocycles. The molecule has 2 atom stereocenters. The molecule has 0 amide bonds. The van der Waals surface area contributed by atoms with E-state index in [2.05, 4.69) is 76.6 Å². The Kier molecular flexibility index (Phi) is 25.7. The minimum Gasteiger partial charge on any atom is -0.398 e. The van der Waals surface area contributed by atoms with Crippen LogP contribution in [0.3, 0.4) is 0 Å². The maximum atomic E-state index is 6.32. The highest BCUT2D eigenvalue weighted by atomic mass is 79.9. The van der Waals surface area contributed by atoms with Crippen LogP contribution in [0.25, 0.3) is 0 Å². The highest BCUT2D eigenvalue weighted by Crippen LogP contribution is 2.36. The molecule has 0 radical (unpaired) electrons. The van der Waals surface area contributed by atoms with Crippen LogP contribution in [0.1, 0.15) is 182 Å². The second kappa shape index (κ2) is 27.1. The van der Waals surface area contributed by atoms with Gasteiger partial charge < -0.3 is 10.6 Å². The average molecular weight is 715 g/mol. The summed E-state index contributed by atoms with van der Waals surface area (Å²) >= 11 is 7.71. The predicted molar refractivity (Wildman–Crippen MR) is 199 cm³/mol. The number of nitrogens with two attached hydrogens (primary N) is 1. The predicted octanol–water partition coefficient (Wildman–Crippen LogP) is 14.3. The van der Waals surface area contributed by atoms with Gasteiger partial charge in [0.2, 0.25) is 0 Å². The van der Waals surface area contributed by atoms with Gasteiger partial charge in [0, 0.05) is 27.7 Å². The van der Waals surface area contributed by atoms with Gasteiger partial charge in [-0.05, 0) is 81.5 Å². The zero-order valence-electron chi connectivity index (χ0n) is 28.5. The molecule has 0 spiro atoms. The van der Waals surface area contributed by atoms with Crippen LogP contribution < -0.4 is 10.6 Å². The first-order valence-corrected chi connectivity index (χ1v) is 20.0. The van der Waals surface area contributed by atoms with Gasteiger partial charge in [-0.1, -0.05) is 156 Å². The average Bonchev–Trinajstić information content (AvgIpc) is 2.98. The molecule has 4 heteroatoms. The van der Waals surface area contributed by atoms with E-state index in [0.717, 1.165) is 26.5 Å². The van der Waals surface area contributed by atoms with Crippen molar-refractivity contribution in [3.05, 3.63) is 21.1 Å². The minimum atomic E-state index is 0.769. The van der Waals surface area contributed by atoms with Crippen molar-refractivity contribution in [1.29, 1.82) is 0 Å². The summed E-state index contributed by atoms with van der Waals surface area (Å²) in [5, 5.41) is 0. The van der Waals surface area contributed by atoms with E-state index in [4.69, 9.17) is 5.73 Å². The SMILES string of the molecule is CCCCCCCCC(CCCCCC)CN(CC(CCCCCC)CCCCCCCC)c1cc(Br)c(N)cc1Br. The summed E-state index contributed by atoms with van der Waals surface area (Å²) in [6.07, 6.45) is 33.1. The van der Waals surface area contributed by atoms with Gasteiger partial charge in [-0.2, -0.15) is 0 Å². The van der Waals surface area contributed by atoms with Crippen LogP contribution in [0.4, 0.5) is 11.4 Å². The summed E-state index contributed by atoms with van der Waals surface area (Å²) in [7, 11) is 0. The molecule has 0 saturated carbocycles. The van der Waals surface area contributed by atoms with Crippen molar-refractivity contribution < 1.29 is 0 Å². The zero-order valence-corrected chi connectivity index (χ0v) is 31.6. The molecule has 42 heavy (non-hydrogen) atoms. The lowest BCUT2D eigenvalue weighted by Crippen LogP contribution is -2.35. The Labute approximate surface area is 280 Å². The van der Waals surface area contributed by atoms with E-state index < -0.39 is 0 Å². The zero-order chi connectivity index (χ0) is 30.8. The smallest absolute Gasteiger partial charge is 0.0523 e. The lowest BCUT2D eigenvalue weighted by Gasteiger charge is -2.34. The third-order valence-corrected chi connectivity index (χ3v) is 10.5. The number of unbranched alkanes of at least 4 members (excludes halogenated alkanes) is 16. The Hall–Kier alpha value is -0.220. The van der Waals surface area contributed by atoms with Crippen LogP contribution in [0.2, 0.25) is 0 Å². The number of hydrogen-bond donors (Lipinski definition) is 1. The van der Waals surface area contributed by atoms with Crippen molar-refractivity contribution in [1.82, 2.24) is 0 Å². The third-order valence-electron chi connectivity index (χ3n) is 9.23. The van der Waals surface area contributed by atoms with Crippen molar-refractivity contribution in [3.8, 4) is 0 Å². The monoisotopic (exact) mass is 712 g/mol. The molecule has 246 valence electrons. The van der Waals surface area contributed by atoms with Crippen LogP contribution in [-0.2, 0) is 0 Å². The first-order chi connectivity index (χ1) is 20.5. The topological polar surface area (TPSA) is 29.3 Å². The van der Waals surface area contributed by atoms with Crippen molar-refractivity contribution >= 4 is 43.2 Å². The van der Waals surface area contributed by atoms with Crippen LogP contribution in [0.5, 0.6) is 0 Å². The fourth-order valence-electron chi connectivity index (χ4n) is 6.49. The second-order valence-corrected chi connectivity index (χ2v) is 15.0. The molecule has 0 saturated heterocycles.